The van der Waals surface area contributed by atoms with Crippen molar-refractivity contribution in [3.63, 3.8) is 0 Å². The summed E-state index contributed by atoms with van der Waals surface area (Å²) in [5.74, 6) is 0.596. The van der Waals surface area contributed by atoms with Crippen LogP contribution in [-0.4, -0.2) is 39.0 Å². The topological polar surface area (TPSA) is 83.2 Å². The van der Waals surface area contributed by atoms with Crippen molar-refractivity contribution in [3.05, 3.63) is 123 Å². The Morgan fingerprint density at radius 3 is 2.58 bits per heavy atom. The second-order valence-electron chi connectivity index (χ2n) is 11.7. The van der Waals surface area contributed by atoms with Crippen LogP contribution >= 0.6 is 23.5 Å². The van der Waals surface area contributed by atoms with Crippen molar-refractivity contribution in [3.8, 4) is 16.9 Å². The molecule has 1 amide bonds. The molecule has 0 radical (unpaired) electrons. The summed E-state index contributed by atoms with van der Waals surface area (Å²) in [5.41, 5.74) is 9.30. The molecule has 5 rings (SSSR count). The average Bonchev–Trinajstić information content (AvgIpc) is 3.54. The fourth-order valence-electron chi connectivity index (χ4n) is 6.09. The zero-order valence-corrected chi connectivity index (χ0v) is 30.0. The third-order valence-corrected chi connectivity index (χ3v) is 9.94. The smallest absolute Gasteiger partial charge is 0.278 e. The zero-order chi connectivity index (χ0) is 34.4. The van der Waals surface area contributed by atoms with Crippen LogP contribution in [0.3, 0.4) is 0 Å². The second kappa shape index (κ2) is 15.7. The summed E-state index contributed by atoms with van der Waals surface area (Å²) >= 11 is 7.65. The van der Waals surface area contributed by atoms with Gasteiger partial charge in [0, 0.05) is 65.2 Å². The van der Waals surface area contributed by atoms with Gasteiger partial charge in [0.15, 0.2) is 0 Å². The van der Waals surface area contributed by atoms with Gasteiger partial charge in [-0.2, -0.15) is 5.10 Å². The molecule has 0 saturated carbocycles. The number of amides is 1. The number of carbonyl (C=O) groups excluding carboxylic acids is 1. The van der Waals surface area contributed by atoms with Crippen LogP contribution in [0.15, 0.2) is 78.5 Å². The summed E-state index contributed by atoms with van der Waals surface area (Å²) in [6.07, 6.45) is 8.56. The molecule has 0 atom stereocenters. The fourth-order valence-corrected chi connectivity index (χ4v) is 6.71. The Labute approximate surface area is 291 Å². The number of ether oxygens (including phenoxy) is 2. The summed E-state index contributed by atoms with van der Waals surface area (Å²) in [5, 5.41) is 6.54. The SMILES string of the molecule is C=C/C(=C\C)SNC(=O)c1c(CCCOc2cc(C)c(Cl)c(C)c2)c2cccc(-c3c(COC)nn(C)c3C)c2n1Cc1cccnc1. The summed E-state index contributed by atoms with van der Waals surface area (Å²) in [6, 6.07) is 14.1. The Morgan fingerprint density at radius 1 is 1.15 bits per heavy atom. The van der Waals surface area contributed by atoms with E-state index >= 15 is 0 Å². The van der Waals surface area contributed by atoms with Crippen LogP contribution < -0.4 is 9.46 Å². The van der Waals surface area contributed by atoms with E-state index in [0.717, 1.165) is 71.3 Å². The molecule has 3 aromatic heterocycles. The zero-order valence-electron chi connectivity index (χ0n) is 28.4. The van der Waals surface area contributed by atoms with Gasteiger partial charge in [0.05, 0.1) is 24.4 Å². The van der Waals surface area contributed by atoms with Crippen LogP contribution in [0.25, 0.3) is 22.0 Å². The van der Waals surface area contributed by atoms with E-state index in [2.05, 4.69) is 46.0 Å². The van der Waals surface area contributed by atoms with Gasteiger partial charge in [-0.05, 0) is 92.9 Å². The third-order valence-electron chi connectivity index (χ3n) is 8.42. The highest BCUT2D eigenvalue weighted by Gasteiger charge is 2.27. The highest BCUT2D eigenvalue weighted by atomic mass is 35.5. The van der Waals surface area contributed by atoms with E-state index in [9.17, 15) is 4.79 Å². The van der Waals surface area contributed by atoms with Gasteiger partial charge < -0.3 is 14.0 Å². The van der Waals surface area contributed by atoms with E-state index in [1.54, 1.807) is 19.4 Å². The lowest BCUT2D eigenvalue weighted by Gasteiger charge is -2.15. The van der Waals surface area contributed by atoms with Gasteiger partial charge in [-0.3, -0.25) is 19.2 Å². The molecule has 5 aromatic rings. The lowest BCUT2D eigenvalue weighted by atomic mass is 9.98. The molecule has 0 unspecified atom stereocenters. The molecule has 0 aliphatic carbocycles. The standard InChI is InChI=1S/C38H42ClN5O3S/c1-8-29(9-2)48-42-38(45)37-31(16-12-18-47-28-19-24(3)35(39)25(4)20-28)30-14-10-15-32(34-26(5)43(6)41-33(34)23-46-7)36(30)44(37)22-27-13-11-17-40-21-27/h8-11,13-15,17,19-21H,1,12,16,18,22-23H2,2-7H3,(H,42,45)/b29-9+. The molecule has 8 nitrogen and oxygen atoms in total. The summed E-state index contributed by atoms with van der Waals surface area (Å²) in [6.45, 7) is 13.1. The van der Waals surface area contributed by atoms with Gasteiger partial charge in [0.25, 0.3) is 5.91 Å². The van der Waals surface area contributed by atoms with Gasteiger partial charge in [-0.15, -0.1) is 0 Å². The highest BCUT2D eigenvalue weighted by Crippen LogP contribution is 2.39. The number of pyridine rings is 1. The minimum absolute atomic E-state index is 0.188. The first-order chi connectivity index (χ1) is 23.2. The van der Waals surface area contributed by atoms with Crippen LogP contribution in [0, 0.1) is 20.8 Å². The van der Waals surface area contributed by atoms with Crippen molar-refractivity contribution in [2.45, 2.75) is 53.7 Å². The largest absolute Gasteiger partial charge is 0.494 e. The number of nitrogens with zero attached hydrogens (tertiary/aromatic N) is 4. The number of para-hydroxylation sites is 1. The second-order valence-corrected chi connectivity index (χ2v) is 12.9. The molecule has 0 bridgehead atoms. The summed E-state index contributed by atoms with van der Waals surface area (Å²) < 4.78 is 18.9. The van der Waals surface area contributed by atoms with Gasteiger partial charge in [-0.25, -0.2) is 0 Å². The van der Waals surface area contributed by atoms with E-state index in [0.29, 0.717) is 38.3 Å². The number of aryl methyl sites for hydroxylation is 4. The van der Waals surface area contributed by atoms with E-state index in [-0.39, 0.29) is 5.91 Å². The first-order valence-electron chi connectivity index (χ1n) is 15.9. The minimum atomic E-state index is -0.188. The fraction of sp³-hybridized carbons (Fsp3) is 0.289. The highest BCUT2D eigenvalue weighted by molar-refractivity contribution is 8.01. The van der Waals surface area contributed by atoms with Gasteiger partial charge in [0.1, 0.15) is 11.4 Å². The van der Waals surface area contributed by atoms with Crippen LogP contribution in [0.1, 0.15) is 57.5 Å². The van der Waals surface area contributed by atoms with Crippen LogP contribution in [0.5, 0.6) is 5.75 Å². The molecule has 0 spiro atoms. The van der Waals surface area contributed by atoms with E-state index in [4.69, 9.17) is 26.2 Å². The molecule has 1 N–H and O–H groups in total. The number of hydrogen-bond acceptors (Lipinski definition) is 6. The number of rotatable bonds is 14. The van der Waals surface area contributed by atoms with Gasteiger partial charge in [0.2, 0.25) is 0 Å². The van der Waals surface area contributed by atoms with Crippen molar-refractivity contribution in [1.29, 1.82) is 0 Å². The monoisotopic (exact) mass is 683 g/mol. The quantitative estimate of drug-likeness (QED) is 0.0717. The van der Waals surface area contributed by atoms with Crippen molar-refractivity contribution < 1.29 is 14.3 Å². The number of benzene rings is 2. The molecule has 0 saturated heterocycles. The first-order valence-corrected chi connectivity index (χ1v) is 17.1. The minimum Gasteiger partial charge on any atom is -0.494 e. The predicted molar refractivity (Wildman–Crippen MR) is 197 cm³/mol. The number of hydrogen-bond donors (Lipinski definition) is 1. The van der Waals surface area contributed by atoms with Crippen LogP contribution in [-0.2, 0) is 31.4 Å². The number of carbonyl (C=O) groups is 1. The third kappa shape index (κ3) is 7.38. The lowest BCUT2D eigenvalue weighted by Crippen LogP contribution is -2.22. The van der Waals surface area contributed by atoms with Crippen LogP contribution in [0.2, 0.25) is 5.02 Å². The molecule has 10 heteroatoms. The molecule has 0 aliphatic heterocycles. The molecule has 48 heavy (non-hydrogen) atoms. The molecular formula is C38H42ClN5O3S. The molecule has 0 fully saturated rings. The molecule has 3 heterocycles. The summed E-state index contributed by atoms with van der Waals surface area (Å²) in [7, 11) is 3.62. The van der Waals surface area contributed by atoms with Crippen LogP contribution in [0.4, 0.5) is 0 Å². The Hall–Kier alpha value is -4.31. The molecule has 0 aliphatic rings. The van der Waals surface area contributed by atoms with E-state index in [1.165, 1.54) is 11.9 Å². The van der Waals surface area contributed by atoms with Crippen molar-refractivity contribution in [2.24, 2.45) is 7.05 Å². The Bertz CT molecular complexity index is 1960. The first kappa shape index (κ1) is 35.0. The van der Waals surface area contributed by atoms with Crippen molar-refractivity contribution in [1.82, 2.24) is 24.1 Å². The number of fused-ring (bicyclic) bond motifs is 1. The number of aromatic nitrogens is 4. The Balaban J connectivity index is 1.66. The van der Waals surface area contributed by atoms with Crippen molar-refractivity contribution >= 4 is 40.4 Å². The predicted octanol–water partition coefficient (Wildman–Crippen LogP) is 8.69. The number of methoxy groups -OCH3 is 1. The number of allylic oxidation sites excluding steroid dienone is 2. The molecular weight excluding hydrogens is 642 g/mol. The van der Waals surface area contributed by atoms with Gasteiger partial charge in [-0.1, -0.05) is 54.6 Å². The number of nitrogens with one attached hydrogen (secondary N) is 1. The van der Waals surface area contributed by atoms with Gasteiger partial charge >= 0.3 is 0 Å². The maximum Gasteiger partial charge on any atom is 0.278 e. The van der Waals surface area contributed by atoms with E-state index < -0.39 is 0 Å². The molecule has 250 valence electrons. The summed E-state index contributed by atoms with van der Waals surface area (Å²) in [4.78, 5) is 19.6. The maximum atomic E-state index is 14.3. The van der Waals surface area contributed by atoms with Crippen molar-refractivity contribution in [2.75, 3.05) is 13.7 Å². The number of halogens is 1. The lowest BCUT2D eigenvalue weighted by molar-refractivity contribution is 0.0975. The maximum absolute atomic E-state index is 14.3. The Morgan fingerprint density at radius 2 is 1.92 bits per heavy atom. The van der Waals surface area contributed by atoms with E-state index in [1.807, 2.05) is 69.0 Å². The Kier molecular flexibility index (Phi) is 11.5. The molecule has 2 aromatic carbocycles. The normalized spacial score (nSPS) is 11.7. The average molecular weight is 684 g/mol.